The highest BCUT2D eigenvalue weighted by Crippen LogP contribution is 1.91. The first kappa shape index (κ1) is 11.9. The number of aromatic carboxylic acids is 1. The zero-order valence-corrected chi connectivity index (χ0v) is 8.64. The molecule has 0 spiro atoms. The van der Waals surface area contributed by atoms with Gasteiger partial charge in [-0.15, -0.1) is 0 Å². The van der Waals surface area contributed by atoms with Crippen LogP contribution in [0.3, 0.4) is 0 Å². The zero-order valence-electron chi connectivity index (χ0n) is 8.64. The molecule has 0 saturated heterocycles. The Morgan fingerprint density at radius 3 is 2.75 bits per heavy atom. The molecule has 0 aliphatic rings. The Morgan fingerprint density at radius 1 is 1.50 bits per heavy atom. The van der Waals surface area contributed by atoms with Crippen molar-refractivity contribution in [3.63, 3.8) is 0 Å². The molecule has 7 nitrogen and oxygen atoms in total. The third kappa shape index (κ3) is 2.91. The highest BCUT2D eigenvalue weighted by atomic mass is 16.4. The number of carbonyl (C=O) groups is 2. The monoisotopic (exact) mass is 225 g/mol. The first-order valence-corrected chi connectivity index (χ1v) is 4.56. The molecule has 1 aromatic rings. The molecule has 1 rings (SSSR count). The third-order valence-corrected chi connectivity index (χ3v) is 1.92. The van der Waals surface area contributed by atoms with Crippen LogP contribution >= 0.6 is 0 Å². The van der Waals surface area contributed by atoms with Crippen molar-refractivity contribution in [1.29, 1.82) is 0 Å². The van der Waals surface area contributed by atoms with Gasteiger partial charge in [0.2, 0.25) is 5.91 Å². The number of carboxylic acid groups (broad SMARTS) is 1. The fraction of sp³-hybridized carbons (Fsp3) is 0.333. The van der Waals surface area contributed by atoms with Gasteiger partial charge in [-0.25, -0.2) is 9.48 Å². The van der Waals surface area contributed by atoms with Crippen molar-refractivity contribution in [2.75, 3.05) is 7.05 Å². The van der Waals surface area contributed by atoms with Gasteiger partial charge in [0.05, 0.1) is 6.54 Å². The predicted molar refractivity (Wildman–Crippen MR) is 54.1 cm³/mol. The van der Waals surface area contributed by atoms with Gasteiger partial charge in [-0.2, -0.15) is 5.10 Å². The van der Waals surface area contributed by atoms with Gasteiger partial charge in [0.15, 0.2) is 5.69 Å². The number of amides is 1. The molecule has 0 aliphatic heterocycles. The first-order valence-electron chi connectivity index (χ1n) is 4.56. The number of carboxylic acids is 1. The molecule has 1 heterocycles. The van der Waals surface area contributed by atoms with Crippen LogP contribution in [0.1, 0.15) is 16.9 Å². The molecule has 16 heavy (non-hydrogen) atoms. The van der Waals surface area contributed by atoms with Crippen LogP contribution in [0.5, 0.6) is 0 Å². The lowest BCUT2D eigenvalue weighted by Crippen LogP contribution is -2.27. The van der Waals surface area contributed by atoms with Crippen LogP contribution in [-0.2, 0) is 11.3 Å². The summed E-state index contributed by atoms with van der Waals surface area (Å²) in [4.78, 5) is 32.8. The Bertz CT molecular complexity index is 466. The van der Waals surface area contributed by atoms with Crippen LogP contribution in [0.2, 0.25) is 0 Å². The third-order valence-electron chi connectivity index (χ3n) is 1.92. The summed E-state index contributed by atoms with van der Waals surface area (Å²) in [6, 6.07) is 2.24. The summed E-state index contributed by atoms with van der Waals surface area (Å²) < 4.78 is 0.957. The maximum atomic E-state index is 11.3. The van der Waals surface area contributed by atoms with E-state index < -0.39 is 11.5 Å². The number of rotatable bonds is 4. The lowest BCUT2D eigenvalue weighted by molar-refractivity contribution is -0.120. The van der Waals surface area contributed by atoms with E-state index in [1.54, 1.807) is 0 Å². The number of aromatic nitrogens is 2. The summed E-state index contributed by atoms with van der Waals surface area (Å²) in [7, 11) is 1.48. The van der Waals surface area contributed by atoms with E-state index in [4.69, 9.17) is 5.11 Å². The smallest absolute Gasteiger partial charge is 0.356 e. The minimum absolute atomic E-state index is 0.0552. The molecule has 1 amide bonds. The molecule has 1 aromatic heterocycles. The van der Waals surface area contributed by atoms with Gasteiger partial charge in [-0.05, 0) is 6.07 Å². The normalized spacial score (nSPS) is 9.81. The Kier molecular flexibility index (Phi) is 3.76. The second-order valence-electron chi connectivity index (χ2n) is 3.01. The maximum absolute atomic E-state index is 11.3. The molecule has 0 bridgehead atoms. The average molecular weight is 225 g/mol. The fourth-order valence-electron chi connectivity index (χ4n) is 1.06. The van der Waals surface area contributed by atoms with Gasteiger partial charge in [-0.3, -0.25) is 9.59 Å². The summed E-state index contributed by atoms with van der Waals surface area (Å²) in [5.74, 6) is -1.46. The molecule has 86 valence electrons. The maximum Gasteiger partial charge on any atom is 0.356 e. The summed E-state index contributed by atoms with van der Waals surface area (Å²) in [6.45, 7) is 0.0552. The quantitative estimate of drug-likeness (QED) is 0.689. The van der Waals surface area contributed by atoms with Gasteiger partial charge < -0.3 is 10.4 Å². The minimum Gasteiger partial charge on any atom is -0.476 e. The molecular weight excluding hydrogens is 214 g/mol. The number of nitrogens with zero attached hydrogens (tertiary/aromatic N) is 2. The van der Waals surface area contributed by atoms with Gasteiger partial charge in [0, 0.05) is 19.5 Å². The number of hydrogen-bond acceptors (Lipinski definition) is 4. The van der Waals surface area contributed by atoms with E-state index in [1.807, 2.05) is 0 Å². The Labute approximate surface area is 90.7 Å². The van der Waals surface area contributed by atoms with Gasteiger partial charge >= 0.3 is 5.97 Å². The number of aryl methyl sites for hydroxylation is 1. The Morgan fingerprint density at radius 2 is 2.19 bits per heavy atom. The largest absolute Gasteiger partial charge is 0.476 e. The van der Waals surface area contributed by atoms with E-state index in [2.05, 4.69) is 10.4 Å². The van der Waals surface area contributed by atoms with Crippen molar-refractivity contribution >= 4 is 11.9 Å². The molecule has 0 atom stereocenters. The predicted octanol–water partition coefficient (Wildman–Crippen LogP) is -0.922. The average Bonchev–Trinajstić information content (AvgIpc) is 2.27. The highest BCUT2D eigenvalue weighted by molar-refractivity contribution is 5.84. The number of hydrogen-bond donors (Lipinski definition) is 2. The zero-order chi connectivity index (χ0) is 12.1. The van der Waals surface area contributed by atoms with Gasteiger partial charge in [-0.1, -0.05) is 0 Å². The molecule has 0 fully saturated rings. The summed E-state index contributed by atoms with van der Waals surface area (Å²) >= 11 is 0. The van der Waals surface area contributed by atoms with Crippen molar-refractivity contribution < 1.29 is 14.7 Å². The standard InChI is InChI=1S/C9H11N3O4/c1-10-7(13)4-5-12-8(14)3-2-6(11-12)9(15)16/h2-3H,4-5H2,1H3,(H,10,13)(H,15,16). The van der Waals surface area contributed by atoms with Gasteiger partial charge in [0.1, 0.15) is 0 Å². The van der Waals surface area contributed by atoms with Crippen molar-refractivity contribution in [3.05, 3.63) is 28.2 Å². The summed E-state index contributed by atoms with van der Waals surface area (Å²) in [5.41, 5.74) is -0.662. The molecule has 0 aliphatic carbocycles. The van der Waals surface area contributed by atoms with Crippen LogP contribution in [0.25, 0.3) is 0 Å². The lowest BCUT2D eigenvalue weighted by Gasteiger charge is -2.04. The van der Waals surface area contributed by atoms with E-state index in [0.717, 1.165) is 16.8 Å². The van der Waals surface area contributed by atoms with E-state index in [1.165, 1.54) is 7.05 Å². The minimum atomic E-state index is -1.21. The molecule has 0 radical (unpaired) electrons. The van der Waals surface area contributed by atoms with Crippen LogP contribution in [0.15, 0.2) is 16.9 Å². The number of carbonyl (C=O) groups excluding carboxylic acids is 1. The van der Waals surface area contributed by atoms with Crippen molar-refractivity contribution in [2.45, 2.75) is 13.0 Å². The molecule has 7 heteroatoms. The second-order valence-corrected chi connectivity index (χ2v) is 3.01. The van der Waals surface area contributed by atoms with Crippen molar-refractivity contribution in [3.8, 4) is 0 Å². The van der Waals surface area contributed by atoms with E-state index in [0.29, 0.717) is 0 Å². The molecule has 2 N–H and O–H groups in total. The number of nitrogens with one attached hydrogen (secondary N) is 1. The molecule has 0 saturated carbocycles. The summed E-state index contributed by atoms with van der Waals surface area (Å²) in [5, 5.41) is 14.7. The van der Waals surface area contributed by atoms with Crippen LogP contribution < -0.4 is 10.9 Å². The SMILES string of the molecule is CNC(=O)CCn1nc(C(=O)O)ccc1=O. The second kappa shape index (κ2) is 5.06. The molecule has 0 aromatic carbocycles. The van der Waals surface area contributed by atoms with Gasteiger partial charge in [0.25, 0.3) is 5.56 Å². The molecular formula is C9H11N3O4. The first-order chi connectivity index (χ1) is 7.54. The van der Waals surface area contributed by atoms with Crippen LogP contribution in [-0.4, -0.2) is 33.8 Å². The molecule has 0 unspecified atom stereocenters. The Hall–Kier alpha value is -2.18. The topological polar surface area (TPSA) is 101 Å². The van der Waals surface area contributed by atoms with Crippen LogP contribution in [0, 0.1) is 0 Å². The van der Waals surface area contributed by atoms with Crippen LogP contribution in [0.4, 0.5) is 0 Å². The summed E-state index contributed by atoms with van der Waals surface area (Å²) in [6.07, 6.45) is 0.0759. The van der Waals surface area contributed by atoms with E-state index in [-0.39, 0.29) is 24.6 Å². The Balaban J connectivity index is 2.86. The highest BCUT2D eigenvalue weighted by Gasteiger charge is 2.08. The van der Waals surface area contributed by atoms with E-state index in [9.17, 15) is 14.4 Å². The fourth-order valence-corrected chi connectivity index (χ4v) is 1.06. The van der Waals surface area contributed by atoms with E-state index >= 15 is 0 Å². The lowest BCUT2D eigenvalue weighted by atomic mass is 10.3. The van der Waals surface area contributed by atoms with Crippen molar-refractivity contribution in [2.24, 2.45) is 0 Å². The van der Waals surface area contributed by atoms with Crippen molar-refractivity contribution in [1.82, 2.24) is 15.1 Å².